The maximum atomic E-state index is 13.0. The van der Waals surface area contributed by atoms with Gasteiger partial charge in [0, 0.05) is 44.5 Å². The number of carbonyl (C=O) groups excluding carboxylic acids is 2. The highest BCUT2D eigenvalue weighted by Gasteiger charge is 2.28. The van der Waals surface area contributed by atoms with Crippen molar-refractivity contribution in [1.29, 1.82) is 0 Å². The van der Waals surface area contributed by atoms with Crippen LogP contribution in [0.15, 0.2) is 24.5 Å². The number of aromatic nitrogens is 4. The highest BCUT2D eigenvalue weighted by molar-refractivity contribution is 5.94. The Hall–Kier alpha value is -3.01. The first-order valence-electron chi connectivity index (χ1n) is 10.7. The van der Waals surface area contributed by atoms with Gasteiger partial charge in [-0.25, -0.2) is 4.98 Å². The normalized spacial score (nSPS) is 19.3. The minimum atomic E-state index is -0.115. The lowest BCUT2D eigenvalue weighted by molar-refractivity contribution is 0.0299. The molecule has 1 unspecified atom stereocenters. The van der Waals surface area contributed by atoms with E-state index in [9.17, 15) is 9.59 Å². The summed E-state index contributed by atoms with van der Waals surface area (Å²) >= 11 is 0. The summed E-state index contributed by atoms with van der Waals surface area (Å²) in [7, 11) is 1.55. The third kappa shape index (κ3) is 5.01. The molecule has 0 bridgehead atoms. The van der Waals surface area contributed by atoms with Gasteiger partial charge in [0.25, 0.3) is 11.8 Å². The Kier molecular flexibility index (Phi) is 6.76. The van der Waals surface area contributed by atoms with Gasteiger partial charge in [0.2, 0.25) is 5.88 Å². The van der Waals surface area contributed by atoms with Crippen LogP contribution in [-0.2, 0) is 11.3 Å². The van der Waals surface area contributed by atoms with Crippen LogP contribution < -0.4 is 4.74 Å². The van der Waals surface area contributed by atoms with Crippen molar-refractivity contribution in [2.24, 2.45) is 0 Å². The summed E-state index contributed by atoms with van der Waals surface area (Å²) in [6.45, 7) is 3.58. The number of morpholine rings is 1. The van der Waals surface area contributed by atoms with Crippen molar-refractivity contribution < 1.29 is 19.1 Å². The summed E-state index contributed by atoms with van der Waals surface area (Å²) in [6, 6.07) is 3.57. The molecular formula is C21H28N6O4. The molecule has 2 fully saturated rings. The monoisotopic (exact) mass is 428 g/mol. The van der Waals surface area contributed by atoms with Crippen molar-refractivity contribution in [1.82, 2.24) is 29.8 Å². The molecule has 0 N–H and O–H groups in total. The maximum Gasteiger partial charge on any atom is 0.276 e. The summed E-state index contributed by atoms with van der Waals surface area (Å²) in [6.07, 6.45) is 7.04. The second kappa shape index (κ2) is 9.86. The number of amides is 2. The standard InChI is InChI=1S/C21H28N6O4/c1-30-19-6-5-16(14-22-19)20(28)27-8-3-2-4-17(27)7-9-26-15-18(23-24-26)21(29)25-10-12-31-13-11-25/h5-6,14-15,17H,2-4,7-13H2,1H3. The lowest BCUT2D eigenvalue weighted by Crippen LogP contribution is -2.44. The number of ether oxygens (including phenoxy) is 2. The summed E-state index contributed by atoms with van der Waals surface area (Å²) < 4.78 is 12.1. The molecular weight excluding hydrogens is 400 g/mol. The van der Waals surface area contributed by atoms with Gasteiger partial charge in [0.15, 0.2) is 5.69 Å². The van der Waals surface area contributed by atoms with Crippen molar-refractivity contribution in [3.63, 3.8) is 0 Å². The molecule has 1 atom stereocenters. The highest BCUT2D eigenvalue weighted by atomic mass is 16.5. The smallest absolute Gasteiger partial charge is 0.276 e. The van der Waals surface area contributed by atoms with Crippen LogP contribution in [0, 0.1) is 0 Å². The number of methoxy groups -OCH3 is 1. The number of rotatable bonds is 6. The second-order valence-electron chi connectivity index (χ2n) is 7.80. The number of nitrogens with zero attached hydrogens (tertiary/aromatic N) is 6. The molecule has 0 aliphatic carbocycles. The maximum absolute atomic E-state index is 13.0. The molecule has 31 heavy (non-hydrogen) atoms. The van der Waals surface area contributed by atoms with Gasteiger partial charge in [0.05, 0.1) is 32.1 Å². The molecule has 10 heteroatoms. The second-order valence-corrected chi connectivity index (χ2v) is 7.80. The van der Waals surface area contributed by atoms with Gasteiger partial charge in [0.1, 0.15) is 0 Å². The fraction of sp³-hybridized carbons (Fsp3) is 0.571. The van der Waals surface area contributed by atoms with Crippen LogP contribution >= 0.6 is 0 Å². The fourth-order valence-electron chi connectivity index (χ4n) is 4.08. The molecule has 2 saturated heterocycles. The molecule has 2 amide bonds. The van der Waals surface area contributed by atoms with Gasteiger partial charge < -0.3 is 19.3 Å². The van der Waals surface area contributed by atoms with Crippen LogP contribution in [0.4, 0.5) is 0 Å². The average molecular weight is 428 g/mol. The van der Waals surface area contributed by atoms with E-state index in [1.165, 1.54) is 0 Å². The first-order valence-corrected chi connectivity index (χ1v) is 10.7. The minimum Gasteiger partial charge on any atom is -0.481 e. The zero-order valence-electron chi connectivity index (χ0n) is 17.8. The van der Waals surface area contributed by atoms with Gasteiger partial charge in [-0.05, 0) is 31.7 Å². The van der Waals surface area contributed by atoms with Gasteiger partial charge >= 0.3 is 0 Å². The molecule has 2 aliphatic rings. The van der Waals surface area contributed by atoms with Gasteiger partial charge in [-0.15, -0.1) is 5.10 Å². The Morgan fingerprint density at radius 2 is 2.00 bits per heavy atom. The van der Waals surface area contributed by atoms with E-state index in [-0.39, 0.29) is 17.9 Å². The van der Waals surface area contributed by atoms with Crippen LogP contribution in [0.2, 0.25) is 0 Å². The third-order valence-corrected chi connectivity index (χ3v) is 5.83. The fourth-order valence-corrected chi connectivity index (χ4v) is 4.08. The van der Waals surface area contributed by atoms with Crippen molar-refractivity contribution in [3.05, 3.63) is 35.8 Å². The lowest BCUT2D eigenvalue weighted by atomic mass is 9.98. The molecule has 166 valence electrons. The molecule has 0 saturated carbocycles. The van der Waals surface area contributed by atoms with E-state index in [1.54, 1.807) is 41.2 Å². The van der Waals surface area contributed by atoms with Crippen LogP contribution in [0.5, 0.6) is 5.88 Å². The number of aryl methyl sites for hydroxylation is 1. The third-order valence-electron chi connectivity index (χ3n) is 5.83. The predicted molar refractivity (Wildman–Crippen MR) is 111 cm³/mol. The largest absolute Gasteiger partial charge is 0.481 e. The minimum absolute atomic E-state index is 0.0124. The number of hydrogen-bond acceptors (Lipinski definition) is 7. The lowest BCUT2D eigenvalue weighted by Gasteiger charge is -2.36. The van der Waals surface area contributed by atoms with Crippen LogP contribution in [-0.4, -0.2) is 87.6 Å². The Morgan fingerprint density at radius 1 is 1.16 bits per heavy atom. The van der Waals surface area contributed by atoms with E-state index in [0.717, 1.165) is 32.2 Å². The topological polar surface area (TPSA) is 103 Å². The molecule has 10 nitrogen and oxygen atoms in total. The van der Waals surface area contributed by atoms with Gasteiger partial charge in [-0.3, -0.25) is 14.3 Å². The Morgan fingerprint density at radius 3 is 2.74 bits per heavy atom. The van der Waals surface area contributed by atoms with Crippen molar-refractivity contribution in [3.8, 4) is 5.88 Å². The summed E-state index contributed by atoms with van der Waals surface area (Å²) in [5.41, 5.74) is 0.912. The molecule has 4 rings (SSSR count). The molecule has 2 aromatic rings. The van der Waals surface area contributed by atoms with E-state index in [4.69, 9.17) is 9.47 Å². The number of carbonyl (C=O) groups is 2. The van der Waals surface area contributed by atoms with Crippen molar-refractivity contribution in [2.45, 2.75) is 38.3 Å². The van der Waals surface area contributed by atoms with Crippen LogP contribution in [0.25, 0.3) is 0 Å². The number of likely N-dealkylation sites (tertiary alicyclic amines) is 1. The number of pyridine rings is 1. The molecule has 2 aromatic heterocycles. The first-order chi connectivity index (χ1) is 15.2. The van der Waals surface area contributed by atoms with E-state index >= 15 is 0 Å². The van der Waals surface area contributed by atoms with Crippen molar-refractivity contribution >= 4 is 11.8 Å². The SMILES string of the molecule is COc1ccc(C(=O)N2CCCCC2CCn2cc(C(=O)N3CCOCC3)nn2)cn1. The highest BCUT2D eigenvalue weighted by Crippen LogP contribution is 2.23. The van der Waals surface area contributed by atoms with E-state index in [0.29, 0.717) is 50.0 Å². The van der Waals surface area contributed by atoms with E-state index < -0.39 is 0 Å². The number of hydrogen-bond donors (Lipinski definition) is 0. The Balaban J connectivity index is 1.36. The molecule has 0 aromatic carbocycles. The van der Waals surface area contributed by atoms with Gasteiger partial charge in [-0.1, -0.05) is 5.21 Å². The van der Waals surface area contributed by atoms with Crippen LogP contribution in [0.3, 0.4) is 0 Å². The van der Waals surface area contributed by atoms with E-state index in [1.807, 2.05) is 4.90 Å². The number of piperidine rings is 1. The summed E-state index contributed by atoms with van der Waals surface area (Å²) in [5.74, 6) is 0.359. The average Bonchev–Trinajstić information content (AvgIpc) is 3.31. The quantitative estimate of drug-likeness (QED) is 0.682. The zero-order valence-corrected chi connectivity index (χ0v) is 17.8. The Bertz CT molecular complexity index is 894. The summed E-state index contributed by atoms with van der Waals surface area (Å²) in [4.78, 5) is 33.4. The molecule has 0 spiro atoms. The Labute approximate surface area is 181 Å². The summed E-state index contributed by atoms with van der Waals surface area (Å²) in [5, 5.41) is 8.18. The molecule has 0 radical (unpaired) electrons. The predicted octanol–water partition coefficient (Wildman–Crippen LogP) is 1.24. The van der Waals surface area contributed by atoms with Crippen molar-refractivity contribution in [2.75, 3.05) is 40.0 Å². The van der Waals surface area contributed by atoms with Gasteiger partial charge in [-0.2, -0.15) is 0 Å². The zero-order chi connectivity index (χ0) is 21.6. The van der Waals surface area contributed by atoms with Crippen LogP contribution in [0.1, 0.15) is 46.5 Å². The molecule has 2 aliphatic heterocycles. The molecule has 4 heterocycles. The van der Waals surface area contributed by atoms with E-state index in [2.05, 4.69) is 15.3 Å². The first kappa shape index (κ1) is 21.2.